The average molecular weight is 1960 g/mol. The number of aromatic nitrogens is 4. The first-order valence-electron chi connectivity index (χ1n) is 50.4. The Labute approximate surface area is 852 Å². The van der Waals surface area contributed by atoms with Crippen molar-refractivity contribution in [2.24, 2.45) is 5.73 Å². The van der Waals surface area contributed by atoms with Crippen LogP contribution in [0.4, 0.5) is 90.6 Å². The van der Waals surface area contributed by atoms with Crippen LogP contribution in [0.3, 0.4) is 0 Å². The summed E-state index contributed by atoms with van der Waals surface area (Å²) >= 11 is 6.04. The first-order chi connectivity index (χ1) is 68.0. The minimum Gasteiger partial charge on any atom is -0.870 e. The predicted molar refractivity (Wildman–Crippen MR) is 549 cm³/mol. The molecule has 4 atom stereocenters. The standard InChI is InChI=1S/C29H38N6O2.C23H28N4O.C22H26N4O.C14H18ClN3O.C9H11N.C6H14N2.CH3F.3CO2.Li.H2O/c1-19-29(37)33(3)25-10-11-26(31-27(25)35(19)23-6-4-5-7-23)34-17-12-20-18-21(8-9-24(20)34)28(36)30-22-13-15-32(2)16-14-22;1-15-8-9-19-17(14-15)12-13-26(19)21-11-10-20-22(24-21)27(18-6-4-5-7-18)16(2)23(28)25(20)3;1-15-22(27)24(2)19-11-12-20(23-21(19)26(15)17-8-4-5-9-17)25-14-13-16-7-3-6-10-18(16)25;1-9-14(19)17(2)11-7-8-12(15)16-13(11)18(9)10-5-3-4-6-10;1-7-2-3-9-8(6-7)4-5-10-9;1-8-4-2-6(7)3-5-8;1-2;3*2-1-3;;/h8-11,18-19,22-23H,4-7,12-17H2,1-3H3,(H,30,36);8-11,14,16,18H,4-7,12-13H2,1-3H3;3,6-7,10-12,15,17H,4-5,8-9,13-14H2,1-2H3;7-10H,3-6H2,1-2H3;2-3,6,10H,4-5H2,1H3;6H,2-5,7H2,1H3;1H3;;;;;1H2/q;;;;;;;;;;+1;/p-1/t19-;16-;15-;9-;;;;;;;;/m1111......../s1/i;;;;;;1D;;;;;. The van der Waals surface area contributed by atoms with Crippen molar-refractivity contribution in [2.45, 2.75) is 256 Å². The molecule has 32 nitrogen and oxygen atoms in total. The Balaban J connectivity index is 0.000000167. The maximum atomic E-state index is 13.0. The molecular weight excluding hydrogens is 1820 g/mol. The SMILES string of the molecule is CN1CCC(N)CC1.C[C@@H]1C(=O)N(C)c2ccc(Cl)nc2N1C1CCCC1.C[C@@H]1C(=O)N(C)c2ccc(N3CCc4cc(C(=O)NC5CCN(C)CC5)ccc43)nc2N1C1CCCC1.C[C@@H]1C(=O)N(C)c2ccc(N3CCc4ccccc43)nc2N1C1CCCC1.Cc1ccc2c(c1)CCN2.Cc1ccc2c(c1)CCN2c1ccc2c(n1)N(C1CCCC1)[C@H](C)C(=O)N2C.O=C=O.O=C=O.O=C=O.[2H]CF.[Li+].[OH-]. The maximum absolute atomic E-state index is 13.0. The number of nitrogens with one attached hydrogen (secondary N) is 2. The van der Waals surface area contributed by atoms with Gasteiger partial charge in [0.15, 0.2) is 23.3 Å². The van der Waals surface area contributed by atoms with E-state index in [1.807, 2.05) is 73.1 Å². The van der Waals surface area contributed by atoms with Gasteiger partial charge in [-0.15, -0.1) is 0 Å². The quantitative estimate of drug-likeness (QED) is 0.0892. The third-order valence-electron chi connectivity index (χ3n) is 29.9. The van der Waals surface area contributed by atoms with Crippen molar-refractivity contribution >= 4 is 146 Å². The van der Waals surface area contributed by atoms with E-state index in [4.69, 9.17) is 62.4 Å². The van der Waals surface area contributed by atoms with Gasteiger partial charge in [-0.1, -0.05) is 117 Å². The first kappa shape index (κ1) is 109. The van der Waals surface area contributed by atoms with Crippen LogP contribution in [0.15, 0.2) is 127 Å². The fourth-order valence-electron chi connectivity index (χ4n) is 22.5. The number of nitrogens with zero attached hydrogens (tertiary/aromatic N) is 17. The number of alkyl halides is 1. The third-order valence-corrected chi connectivity index (χ3v) is 30.1. The Kier molecular flexibility index (Phi) is 39.3. The number of hydrogen-bond acceptors (Lipinski definition) is 27. The number of nitrogens with two attached hydrogens (primary N) is 1. The molecule has 142 heavy (non-hydrogen) atoms. The second-order valence-electron chi connectivity index (χ2n) is 38.8. The Morgan fingerprint density at radius 3 is 1.12 bits per heavy atom. The Bertz CT molecular complexity index is 5760. The Morgan fingerprint density at radius 2 is 0.732 bits per heavy atom. The van der Waals surface area contributed by atoms with E-state index in [1.54, 1.807) is 32.7 Å². The molecular formula is C107H139ClFLiN20O12. The zero-order chi connectivity index (χ0) is 101. The number of benzene rings is 4. The first-order valence-corrected chi connectivity index (χ1v) is 50.0. The third kappa shape index (κ3) is 25.1. The number of fused-ring (bicyclic) bond motifs is 8. The fraction of sp³-hybridized carbons (Fsp3) is 0.514. The molecule has 14 heterocycles. The number of para-hydroxylation sites is 1. The summed E-state index contributed by atoms with van der Waals surface area (Å²) in [4.78, 5) is 160. The van der Waals surface area contributed by atoms with Gasteiger partial charge in [-0.3, -0.25) is 28.4 Å². The largest absolute Gasteiger partial charge is 1.00 e. The van der Waals surface area contributed by atoms with Crippen molar-refractivity contribution in [3.8, 4) is 0 Å². The molecule has 0 unspecified atom stereocenters. The van der Waals surface area contributed by atoms with Crippen LogP contribution in [0.1, 0.15) is 201 Å². The molecule has 5 N–H and O–H groups in total. The van der Waals surface area contributed by atoms with Gasteiger partial charge in [0.1, 0.15) is 46.8 Å². The fourth-order valence-corrected chi connectivity index (χ4v) is 22.6. The van der Waals surface area contributed by atoms with Gasteiger partial charge in [0.25, 0.3) is 5.91 Å². The van der Waals surface area contributed by atoms with Crippen LogP contribution >= 0.6 is 11.6 Å². The summed E-state index contributed by atoms with van der Waals surface area (Å²) in [5.74, 6) is 7.20. The number of hydrogen-bond donors (Lipinski definition) is 3. The zero-order valence-corrected chi connectivity index (χ0v) is 85.4. The second kappa shape index (κ2) is 51.3. The van der Waals surface area contributed by atoms with Crippen molar-refractivity contribution in [2.75, 3.05) is 161 Å². The number of anilines is 15. The summed E-state index contributed by atoms with van der Waals surface area (Å²) in [6.07, 6.45) is 28.2. The predicted octanol–water partition coefficient (Wildman–Crippen LogP) is 12.3. The molecule has 14 aliphatic rings. The van der Waals surface area contributed by atoms with Crippen molar-refractivity contribution in [3.63, 3.8) is 0 Å². The van der Waals surface area contributed by atoms with E-state index in [2.05, 4.69) is 185 Å². The van der Waals surface area contributed by atoms with Crippen molar-refractivity contribution < 1.29 is 82.8 Å². The summed E-state index contributed by atoms with van der Waals surface area (Å²) in [6.45, 7) is 20.6. The molecule has 754 valence electrons. The number of carbonyl (C=O) groups excluding carboxylic acids is 11. The monoisotopic (exact) mass is 1960 g/mol. The van der Waals surface area contributed by atoms with Crippen LogP contribution in [-0.4, -0.2) is 245 Å². The number of piperidine rings is 2. The summed E-state index contributed by atoms with van der Waals surface area (Å²) in [6, 6.07) is 45.6. The van der Waals surface area contributed by atoms with Gasteiger partial charge in [-0.05, 0) is 292 Å². The van der Waals surface area contributed by atoms with E-state index in [9.17, 15) is 28.4 Å². The van der Waals surface area contributed by atoms with Gasteiger partial charge in [-0.25, -0.2) is 19.9 Å². The van der Waals surface area contributed by atoms with Crippen molar-refractivity contribution in [1.82, 2.24) is 35.1 Å². The smallest absolute Gasteiger partial charge is 0.870 e. The molecule has 4 aromatic heterocycles. The Morgan fingerprint density at radius 1 is 0.415 bits per heavy atom. The summed E-state index contributed by atoms with van der Waals surface area (Å²) in [5.41, 5.74) is 23.1. The normalized spacial score (nSPS) is 20.6. The number of amides is 5. The van der Waals surface area contributed by atoms with E-state index in [0.717, 1.165) is 197 Å². The molecule has 0 bridgehead atoms. The molecule has 22 rings (SSSR count). The Hall–Kier alpha value is -12.0. The number of carbonyl (C=O) groups is 5. The topological polar surface area (TPSA) is 362 Å². The van der Waals surface area contributed by atoms with Crippen LogP contribution in [0.5, 0.6) is 0 Å². The molecule has 6 fully saturated rings. The van der Waals surface area contributed by atoms with Crippen LogP contribution < -0.4 is 89.1 Å². The second-order valence-corrected chi connectivity index (χ2v) is 39.2. The van der Waals surface area contributed by atoms with E-state index in [0.29, 0.717) is 35.4 Å². The van der Waals surface area contributed by atoms with Gasteiger partial charge in [0, 0.05) is 119 Å². The summed E-state index contributed by atoms with van der Waals surface area (Å²) < 4.78 is 15.5. The molecule has 35 heteroatoms. The van der Waals surface area contributed by atoms with E-state index >= 15 is 0 Å². The minimum absolute atomic E-state index is 0. The number of rotatable bonds is 9. The van der Waals surface area contributed by atoms with Crippen molar-refractivity contribution in [1.29, 1.82) is 0 Å². The van der Waals surface area contributed by atoms with Gasteiger partial charge in [-0.2, -0.15) is 28.8 Å². The minimum atomic E-state index is -1.00. The molecule has 10 aliphatic heterocycles. The van der Waals surface area contributed by atoms with Gasteiger partial charge in [0.2, 0.25) is 23.6 Å². The van der Waals surface area contributed by atoms with Crippen LogP contribution in [0, 0.1) is 13.8 Å². The van der Waals surface area contributed by atoms with Crippen LogP contribution in [0.25, 0.3) is 0 Å². The van der Waals surface area contributed by atoms with Gasteiger partial charge >= 0.3 is 37.3 Å². The summed E-state index contributed by atoms with van der Waals surface area (Å²) in [7, 11) is 10.7. The van der Waals surface area contributed by atoms with Crippen LogP contribution in [-0.2, 0) is 73.6 Å². The number of pyridine rings is 4. The summed E-state index contributed by atoms with van der Waals surface area (Å²) in [5, 5.41) is 7.05. The number of likely N-dealkylation sites (N-methyl/N-ethyl adjacent to an activating group) is 4. The zero-order valence-electron chi connectivity index (χ0n) is 85.6. The number of halogens is 2. The van der Waals surface area contributed by atoms with Gasteiger partial charge in [0.05, 0.1) is 31.3 Å². The molecule has 4 saturated carbocycles. The van der Waals surface area contributed by atoms with Gasteiger partial charge < -0.3 is 85.5 Å². The van der Waals surface area contributed by atoms with Crippen LogP contribution in [0.2, 0.25) is 5.15 Å². The van der Waals surface area contributed by atoms with E-state index < -0.39 is 7.15 Å². The van der Waals surface area contributed by atoms with Crippen molar-refractivity contribution in [3.05, 3.63) is 171 Å². The maximum Gasteiger partial charge on any atom is 1.00 e. The van der Waals surface area contributed by atoms with E-state index in [-0.39, 0.29) is 103 Å². The molecule has 2 saturated heterocycles. The molecule has 0 radical (unpaired) electrons. The molecule has 8 aromatic rings. The molecule has 4 aliphatic carbocycles. The molecule has 5 amide bonds. The average Bonchev–Trinajstić information content (AvgIpc) is 0.930. The number of likely N-dealkylation sites (tertiary alicyclic amines) is 2. The number of aryl methyl sites for hydroxylation is 2. The molecule has 4 aromatic carbocycles. The molecule has 0 spiro atoms. The van der Waals surface area contributed by atoms with E-state index in [1.165, 1.54) is 134 Å².